The second-order valence-electron chi connectivity index (χ2n) is 5.18. The highest BCUT2D eigenvalue weighted by Crippen LogP contribution is 2.23. The molecule has 100 valence electrons. The van der Waals surface area contributed by atoms with Gasteiger partial charge in [-0.1, -0.05) is 31.9 Å². The van der Waals surface area contributed by atoms with Gasteiger partial charge in [-0.05, 0) is 37.0 Å². The fourth-order valence-corrected chi connectivity index (χ4v) is 2.61. The summed E-state index contributed by atoms with van der Waals surface area (Å²) in [6.45, 7) is 8.25. The van der Waals surface area contributed by atoms with Crippen molar-refractivity contribution in [3.8, 4) is 0 Å². The van der Waals surface area contributed by atoms with Gasteiger partial charge in [-0.3, -0.25) is 0 Å². The van der Waals surface area contributed by atoms with E-state index in [4.69, 9.17) is 4.74 Å². The Kier molecular flexibility index (Phi) is 5.06. The van der Waals surface area contributed by atoms with Crippen LogP contribution in [0, 0.1) is 6.92 Å². The van der Waals surface area contributed by atoms with Gasteiger partial charge in [0.25, 0.3) is 0 Å². The van der Waals surface area contributed by atoms with E-state index < -0.39 is 0 Å². The smallest absolute Gasteiger partial charge is 0.0642 e. The normalized spacial score (nSPS) is 16.0. The number of unbranched alkanes of at least 4 members (excludes halogenated alkanes) is 2. The number of hydrogen-bond acceptors (Lipinski definition) is 2. The predicted molar refractivity (Wildman–Crippen MR) is 77.4 cm³/mol. The Balaban J connectivity index is 2.00. The van der Waals surface area contributed by atoms with Crippen molar-refractivity contribution in [2.75, 3.05) is 31.2 Å². The highest BCUT2D eigenvalue weighted by atomic mass is 16.5. The molecule has 0 bridgehead atoms. The molecule has 0 aromatic heterocycles. The van der Waals surface area contributed by atoms with Crippen LogP contribution in [-0.4, -0.2) is 26.3 Å². The van der Waals surface area contributed by atoms with E-state index in [9.17, 15) is 0 Å². The molecule has 0 spiro atoms. The van der Waals surface area contributed by atoms with Gasteiger partial charge in [0.2, 0.25) is 0 Å². The highest BCUT2D eigenvalue weighted by Gasteiger charge is 2.13. The Morgan fingerprint density at radius 1 is 1.17 bits per heavy atom. The lowest BCUT2D eigenvalue weighted by Crippen LogP contribution is -2.36. The van der Waals surface area contributed by atoms with Crippen LogP contribution in [0.2, 0.25) is 0 Å². The van der Waals surface area contributed by atoms with Gasteiger partial charge >= 0.3 is 0 Å². The molecule has 1 aliphatic rings. The van der Waals surface area contributed by atoms with Gasteiger partial charge in [0.05, 0.1) is 13.2 Å². The first-order valence-corrected chi connectivity index (χ1v) is 7.23. The summed E-state index contributed by atoms with van der Waals surface area (Å²) >= 11 is 0. The number of aryl methyl sites for hydroxylation is 2. The summed E-state index contributed by atoms with van der Waals surface area (Å²) in [5, 5.41) is 0. The summed E-state index contributed by atoms with van der Waals surface area (Å²) in [6, 6.07) is 6.95. The van der Waals surface area contributed by atoms with E-state index in [1.54, 1.807) is 0 Å². The van der Waals surface area contributed by atoms with E-state index in [1.165, 1.54) is 42.5 Å². The van der Waals surface area contributed by atoms with Gasteiger partial charge in [-0.15, -0.1) is 0 Å². The lowest BCUT2D eigenvalue weighted by atomic mass is 10.0. The molecule has 2 rings (SSSR count). The first-order chi connectivity index (χ1) is 8.81. The molecule has 0 saturated carbocycles. The Bertz CT molecular complexity index is 369. The Morgan fingerprint density at radius 3 is 2.61 bits per heavy atom. The summed E-state index contributed by atoms with van der Waals surface area (Å²) < 4.78 is 5.41. The van der Waals surface area contributed by atoms with Crippen LogP contribution >= 0.6 is 0 Å². The van der Waals surface area contributed by atoms with Crippen LogP contribution < -0.4 is 4.90 Å². The number of benzene rings is 1. The molecular weight excluding hydrogens is 222 g/mol. The Morgan fingerprint density at radius 2 is 1.94 bits per heavy atom. The topological polar surface area (TPSA) is 12.5 Å². The van der Waals surface area contributed by atoms with Gasteiger partial charge in [-0.25, -0.2) is 0 Å². The number of morpholine rings is 1. The van der Waals surface area contributed by atoms with Crippen molar-refractivity contribution in [3.63, 3.8) is 0 Å². The molecular formula is C16H25NO. The first kappa shape index (κ1) is 13.4. The minimum Gasteiger partial charge on any atom is -0.378 e. The van der Waals surface area contributed by atoms with E-state index in [2.05, 4.69) is 36.9 Å². The predicted octanol–water partition coefficient (Wildman–Crippen LogP) is 3.56. The molecule has 18 heavy (non-hydrogen) atoms. The highest BCUT2D eigenvalue weighted by molar-refractivity contribution is 5.54. The third-order valence-corrected chi connectivity index (χ3v) is 3.68. The lowest BCUT2D eigenvalue weighted by Gasteiger charge is -2.30. The maximum absolute atomic E-state index is 5.41. The van der Waals surface area contributed by atoms with Crippen LogP contribution in [-0.2, 0) is 11.2 Å². The van der Waals surface area contributed by atoms with E-state index in [-0.39, 0.29) is 0 Å². The van der Waals surface area contributed by atoms with Crippen molar-refractivity contribution >= 4 is 5.69 Å². The average molecular weight is 247 g/mol. The Labute approximate surface area is 111 Å². The molecule has 2 heteroatoms. The van der Waals surface area contributed by atoms with Crippen molar-refractivity contribution in [2.45, 2.75) is 39.5 Å². The van der Waals surface area contributed by atoms with Gasteiger partial charge in [-0.2, -0.15) is 0 Å². The van der Waals surface area contributed by atoms with Crippen molar-refractivity contribution in [3.05, 3.63) is 29.3 Å². The first-order valence-electron chi connectivity index (χ1n) is 7.23. The molecule has 2 nitrogen and oxygen atoms in total. The number of anilines is 1. The molecule has 0 atom stereocenters. The number of nitrogens with zero attached hydrogens (tertiary/aromatic N) is 1. The van der Waals surface area contributed by atoms with E-state index in [1.807, 2.05) is 0 Å². The van der Waals surface area contributed by atoms with Crippen molar-refractivity contribution in [2.24, 2.45) is 0 Å². The number of rotatable bonds is 5. The molecule has 0 amide bonds. The summed E-state index contributed by atoms with van der Waals surface area (Å²) in [5.74, 6) is 0. The summed E-state index contributed by atoms with van der Waals surface area (Å²) in [5.41, 5.74) is 4.28. The SMILES string of the molecule is CCCCCc1ccc(N2CCOCC2)c(C)c1. The molecule has 0 unspecified atom stereocenters. The zero-order chi connectivity index (χ0) is 12.8. The van der Waals surface area contributed by atoms with Gasteiger partial charge in [0.1, 0.15) is 0 Å². The zero-order valence-corrected chi connectivity index (χ0v) is 11.7. The van der Waals surface area contributed by atoms with Gasteiger partial charge in [0, 0.05) is 18.8 Å². The van der Waals surface area contributed by atoms with E-state index in [0.717, 1.165) is 26.3 Å². The largest absolute Gasteiger partial charge is 0.378 e. The molecule has 0 aliphatic carbocycles. The maximum Gasteiger partial charge on any atom is 0.0642 e. The van der Waals surface area contributed by atoms with Crippen LogP contribution in [0.15, 0.2) is 18.2 Å². The summed E-state index contributed by atoms with van der Waals surface area (Å²) in [4.78, 5) is 2.44. The fraction of sp³-hybridized carbons (Fsp3) is 0.625. The van der Waals surface area contributed by atoms with Crippen LogP contribution in [0.1, 0.15) is 37.3 Å². The molecule has 1 aromatic carbocycles. The third-order valence-electron chi connectivity index (χ3n) is 3.68. The van der Waals surface area contributed by atoms with Crippen molar-refractivity contribution in [1.82, 2.24) is 0 Å². The molecule has 0 N–H and O–H groups in total. The summed E-state index contributed by atoms with van der Waals surface area (Å²) in [7, 11) is 0. The quantitative estimate of drug-likeness (QED) is 0.738. The molecule has 1 fully saturated rings. The molecule has 1 aliphatic heterocycles. The van der Waals surface area contributed by atoms with Crippen molar-refractivity contribution in [1.29, 1.82) is 0 Å². The lowest BCUT2D eigenvalue weighted by molar-refractivity contribution is 0.122. The zero-order valence-electron chi connectivity index (χ0n) is 11.7. The molecule has 1 heterocycles. The van der Waals surface area contributed by atoms with Crippen LogP contribution in [0.5, 0.6) is 0 Å². The second-order valence-corrected chi connectivity index (χ2v) is 5.18. The maximum atomic E-state index is 5.41. The van der Waals surface area contributed by atoms with E-state index >= 15 is 0 Å². The average Bonchev–Trinajstić information content (AvgIpc) is 2.40. The minimum absolute atomic E-state index is 0.859. The fourth-order valence-electron chi connectivity index (χ4n) is 2.61. The number of ether oxygens (including phenoxy) is 1. The van der Waals surface area contributed by atoms with Gasteiger partial charge < -0.3 is 9.64 Å². The second kappa shape index (κ2) is 6.79. The van der Waals surface area contributed by atoms with Gasteiger partial charge in [0.15, 0.2) is 0 Å². The molecule has 1 saturated heterocycles. The number of hydrogen-bond donors (Lipinski definition) is 0. The van der Waals surface area contributed by atoms with Crippen LogP contribution in [0.25, 0.3) is 0 Å². The monoisotopic (exact) mass is 247 g/mol. The van der Waals surface area contributed by atoms with Crippen LogP contribution in [0.3, 0.4) is 0 Å². The minimum atomic E-state index is 0.859. The molecule has 0 radical (unpaired) electrons. The van der Waals surface area contributed by atoms with Crippen LogP contribution in [0.4, 0.5) is 5.69 Å². The Hall–Kier alpha value is -1.02. The third kappa shape index (κ3) is 3.49. The van der Waals surface area contributed by atoms with Crippen molar-refractivity contribution < 1.29 is 4.74 Å². The molecule has 1 aromatic rings. The summed E-state index contributed by atoms with van der Waals surface area (Å²) in [6.07, 6.45) is 5.17. The standard InChI is InChI=1S/C16H25NO/c1-3-4-5-6-15-7-8-16(14(2)13-15)17-9-11-18-12-10-17/h7-8,13H,3-6,9-12H2,1-2H3. The van der Waals surface area contributed by atoms with E-state index in [0.29, 0.717) is 0 Å².